The summed E-state index contributed by atoms with van der Waals surface area (Å²) in [4.78, 5) is 16.5. The van der Waals surface area contributed by atoms with E-state index in [2.05, 4.69) is 23.3 Å². The Labute approximate surface area is 107 Å². The average molecular weight is 243 g/mol. The molecule has 0 radical (unpaired) electrons. The third-order valence-corrected chi connectivity index (χ3v) is 3.52. The summed E-state index contributed by atoms with van der Waals surface area (Å²) in [5, 5.41) is 12.0. The molecule has 0 saturated heterocycles. The number of pyridine rings is 1. The zero-order chi connectivity index (χ0) is 13.3. The monoisotopic (exact) mass is 243 g/mol. The van der Waals surface area contributed by atoms with E-state index in [-0.39, 0.29) is 5.91 Å². The lowest BCUT2D eigenvalue weighted by molar-refractivity contribution is -0.128. The van der Waals surface area contributed by atoms with E-state index in [1.165, 1.54) is 0 Å². The molecule has 1 N–H and O–H groups in total. The first kappa shape index (κ1) is 12.6. The smallest absolute Gasteiger partial charge is 0.244 e. The molecule has 1 aliphatic carbocycles. The number of carbonyl (C=O) groups is 1. The summed E-state index contributed by atoms with van der Waals surface area (Å²) in [5.41, 5.74) is 1.55. The predicted molar refractivity (Wildman–Crippen MR) is 68.8 cm³/mol. The van der Waals surface area contributed by atoms with Crippen LogP contribution in [-0.2, 0) is 4.79 Å². The minimum atomic E-state index is -0.837. The van der Waals surface area contributed by atoms with Crippen molar-refractivity contribution in [1.82, 2.24) is 4.98 Å². The maximum atomic E-state index is 12.2. The summed E-state index contributed by atoms with van der Waals surface area (Å²) in [5.74, 6) is 0.254. The molecule has 1 aromatic heterocycles. The maximum absolute atomic E-state index is 12.2. The van der Waals surface area contributed by atoms with Crippen molar-refractivity contribution >= 4 is 11.6 Å². The SMILES string of the molecule is Cc1ccc(NC(=O)C2(C#N)CC(C)C2)c(C)n1. The zero-order valence-electron chi connectivity index (χ0n) is 10.9. The van der Waals surface area contributed by atoms with Crippen LogP contribution in [0.25, 0.3) is 0 Å². The molecule has 0 unspecified atom stereocenters. The second kappa shape index (κ2) is 4.41. The highest BCUT2D eigenvalue weighted by atomic mass is 16.2. The molecular formula is C14H17N3O. The normalized spacial score (nSPS) is 26.0. The number of nitrogens with zero attached hydrogens (tertiary/aromatic N) is 2. The van der Waals surface area contributed by atoms with Gasteiger partial charge in [0.25, 0.3) is 0 Å². The second-order valence-electron chi connectivity index (χ2n) is 5.25. The molecule has 0 aromatic carbocycles. The van der Waals surface area contributed by atoms with Crippen LogP contribution >= 0.6 is 0 Å². The molecule has 1 heterocycles. The molecular weight excluding hydrogens is 226 g/mol. The van der Waals surface area contributed by atoms with E-state index in [1.807, 2.05) is 26.0 Å². The summed E-state index contributed by atoms with van der Waals surface area (Å²) in [7, 11) is 0. The van der Waals surface area contributed by atoms with Crippen LogP contribution in [-0.4, -0.2) is 10.9 Å². The number of hydrogen-bond acceptors (Lipinski definition) is 3. The Hall–Kier alpha value is -1.89. The predicted octanol–water partition coefficient (Wildman–Crippen LogP) is 2.58. The molecule has 2 rings (SSSR count). The number of aryl methyl sites for hydroxylation is 2. The van der Waals surface area contributed by atoms with Crippen LogP contribution in [0.1, 0.15) is 31.2 Å². The fourth-order valence-corrected chi connectivity index (χ4v) is 2.52. The van der Waals surface area contributed by atoms with E-state index in [9.17, 15) is 10.1 Å². The molecule has 94 valence electrons. The number of amides is 1. The van der Waals surface area contributed by atoms with E-state index in [4.69, 9.17) is 0 Å². The lowest BCUT2D eigenvalue weighted by Gasteiger charge is -2.39. The van der Waals surface area contributed by atoms with E-state index in [0.717, 1.165) is 11.4 Å². The van der Waals surface area contributed by atoms with E-state index in [0.29, 0.717) is 24.4 Å². The Morgan fingerprint density at radius 1 is 1.50 bits per heavy atom. The van der Waals surface area contributed by atoms with E-state index < -0.39 is 5.41 Å². The number of anilines is 1. The number of nitrogens with one attached hydrogen (secondary N) is 1. The van der Waals surface area contributed by atoms with Crippen LogP contribution in [0.4, 0.5) is 5.69 Å². The standard InChI is InChI=1S/C14H17N3O/c1-9-6-14(7-9,8-15)13(18)17-12-5-4-10(2)16-11(12)3/h4-5,9H,6-7H2,1-3H3,(H,17,18). The van der Waals surface area contributed by atoms with Crippen molar-refractivity contribution < 1.29 is 4.79 Å². The Morgan fingerprint density at radius 2 is 2.17 bits per heavy atom. The highest BCUT2D eigenvalue weighted by Crippen LogP contribution is 2.45. The van der Waals surface area contributed by atoms with Gasteiger partial charge in [-0.25, -0.2) is 0 Å². The first-order chi connectivity index (χ1) is 8.47. The largest absolute Gasteiger partial charge is 0.323 e. The van der Waals surface area contributed by atoms with Gasteiger partial charge in [0.15, 0.2) is 0 Å². The molecule has 1 aromatic rings. The number of hydrogen-bond donors (Lipinski definition) is 1. The number of nitriles is 1. The Kier molecular flexibility index (Phi) is 3.08. The van der Waals surface area contributed by atoms with Crippen LogP contribution in [0.15, 0.2) is 12.1 Å². The fraction of sp³-hybridized carbons (Fsp3) is 0.500. The van der Waals surface area contributed by atoms with Gasteiger partial charge in [0.1, 0.15) is 5.41 Å². The minimum Gasteiger partial charge on any atom is -0.323 e. The topological polar surface area (TPSA) is 65.8 Å². The van der Waals surface area contributed by atoms with Gasteiger partial charge in [-0.05, 0) is 44.7 Å². The Bertz CT molecular complexity index is 524. The molecule has 0 aliphatic heterocycles. The third kappa shape index (κ3) is 2.08. The minimum absolute atomic E-state index is 0.197. The van der Waals surface area contributed by atoms with Gasteiger partial charge in [-0.2, -0.15) is 5.26 Å². The first-order valence-corrected chi connectivity index (χ1v) is 6.14. The number of rotatable bonds is 2. The number of carbonyl (C=O) groups excluding carboxylic acids is 1. The Morgan fingerprint density at radius 3 is 2.67 bits per heavy atom. The quantitative estimate of drug-likeness (QED) is 0.868. The van der Waals surface area contributed by atoms with Gasteiger partial charge < -0.3 is 5.32 Å². The second-order valence-corrected chi connectivity index (χ2v) is 5.25. The molecule has 0 bridgehead atoms. The van der Waals surface area contributed by atoms with Crippen molar-refractivity contribution in [3.8, 4) is 6.07 Å². The fourth-order valence-electron chi connectivity index (χ4n) is 2.52. The summed E-state index contributed by atoms with van der Waals surface area (Å²) in [6.45, 7) is 5.82. The van der Waals surface area contributed by atoms with E-state index in [1.54, 1.807) is 0 Å². The van der Waals surface area contributed by atoms with Gasteiger partial charge in [0, 0.05) is 5.69 Å². The van der Waals surface area contributed by atoms with Crippen molar-refractivity contribution in [2.24, 2.45) is 11.3 Å². The molecule has 1 saturated carbocycles. The van der Waals surface area contributed by atoms with Crippen LogP contribution < -0.4 is 5.32 Å². The lowest BCUT2D eigenvalue weighted by atomic mass is 9.63. The van der Waals surface area contributed by atoms with Crippen molar-refractivity contribution in [2.45, 2.75) is 33.6 Å². The highest BCUT2D eigenvalue weighted by Gasteiger charge is 2.49. The summed E-state index contributed by atoms with van der Waals surface area (Å²) >= 11 is 0. The molecule has 0 atom stereocenters. The van der Waals surface area contributed by atoms with Gasteiger partial charge in [0.05, 0.1) is 17.5 Å². The summed E-state index contributed by atoms with van der Waals surface area (Å²) in [6.07, 6.45) is 1.29. The van der Waals surface area contributed by atoms with Gasteiger partial charge >= 0.3 is 0 Å². The Balaban J connectivity index is 2.15. The average Bonchev–Trinajstić information content (AvgIpc) is 2.28. The number of aromatic nitrogens is 1. The highest BCUT2D eigenvalue weighted by molar-refractivity contribution is 5.98. The zero-order valence-corrected chi connectivity index (χ0v) is 10.9. The van der Waals surface area contributed by atoms with Crippen LogP contribution in [0.5, 0.6) is 0 Å². The van der Waals surface area contributed by atoms with Gasteiger partial charge in [-0.1, -0.05) is 6.92 Å². The first-order valence-electron chi connectivity index (χ1n) is 6.14. The van der Waals surface area contributed by atoms with Crippen molar-refractivity contribution in [3.05, 3.63) is 23.5 Å². The molecule has 1 aliphatic rings. The molecule has 0 spiro atoms. The molecule has 1 amide bonds. The maximum Gasteiger partial charge on any atom is 0.244 e. The molecule has 4 nitrogen and oxygen atoms in total. The summed E-state index contributed by atoms with van der Waals surface area (Å²) < 4.78 is 0. The molecule has 1 fully saturated rings. The van der Waals surface area contributed by atoms with Crippen LogP contribution in [0.3, 0.4) is 0 Å². The molecule has 18 heavy (non-hydrogen) atoms. The van der Waals surface area contributed by atoms with E-state index >= 15 is 0 Å². The molecule has 4 heteroatoms. The van der Waals surface area contributed by atoms with Crippen molar-refractivity contribution in [3.63, 3.8) is 0 Å². The van der Waals surface area contributed by atoms with Gasteiger partial charge in [0.2, 0.25) is 5.91 Å². The van der Waals surface area contributed by atoms with Crippen molar-refractivity contribution in [1.29, 1.82) is 5.26 Å². The van der Waals surface area contributed by atoms with Crippen LogP contribution in [0, 0.1) is 36.5 Å². The van der Waals surface area contributed by atoms with Gasteiger partial charge in [-0.15, -0.1) is 0 Å². The summed E-state index contributed by atoms with van der Waals surface area (Å²) in [6, 6.07) is 5.85. The lowest BCUT2D eigenvalue weighted by Crippen LogP contribution is -2.45. The van der Waals surface area contributed by atoms with Crippen molar-refractivity contribution in [2.75, 3.05) is 5.32 Å². The van der Waals surface area contributed by atoms with Gasteiger partial charge in [-0.3, -0.25) is 9.78 Å². The third-order valence-electron chi connectivity index (χ3n) is 3.52. The van der Waals surface area contributed by atoms with Crippen LogP contribution in [0.2, 0.25) is 0 Å².